The molecule has 10 nitrogen and oxygen atoms in total. The average molecular weight is 1070 g/mol. The van der Waals surface area contributed by atoms with E-state index in [2.05, 4.69) is 67.1 Å². The zero-order valence-corrected chi connectivity index (χ0v) is 48.8. The van der Waals surface area contributed by atoms with E-state index < -0.39 is 34.7 Å². The molecule has 0 bridgehead atoms. The fourth-order valence-corrected chi connectivity index (χ4v) is 11.6. The number of carbonyl (C=O) groups excluding carboxylic acids is 2. The van der Waals surface area contributed by atoms with E-state index in [-0.39, 0.29) is 44.4 Å². The molecule has 3 atom stereocenters. The van der Waals surface area contributed by atoms with Crippen LogP contribution in [-0.2, 0) is 29.3 Å². The van der Waals surface area contributed by atoms with Crippen molar-refractivity contribution in [3.8, 4) is 0 Å². The lowest BCUT2D eigenvalue weighted by atomic mass is 9.75. The van der Waals surface area contributed by atoms with E-state index in [4.69, 9.17) is 14.2 Å². The van der Waals surface area contributed by atoms with E-state index in [9.17, 15) is 19.2 Å². The summed E-state index contributed by atoms with van der Waals surface area (Å²) in [6, 6.07) is 31.0. The van der Waals surface area contributed by atoms with Gasteiger partial charge in [0.25, 0.3) is 5.56 Å². The average Bonchev–Trinajstić information content (AvgIpc) is 3.64. The van der Waals surface area contributed by atoms with Gasteiger partial charge in [0.15, 0.2) is 6.23 Å². The lowest BCUT2D eigenvalue weighted by Gasteiger charge is -2.51. The summed E-state index contributed by atoms with van der Waals surface area (Å²) in [5.74, 6) is -0.728. The molecule has 1 aliphatic heterocycles. The number of ether oxygens (including phenoxy) is 3. The fourth-order valence-electron chi connectivity index (χ4n) is 11.6. The molecule has 5 rings (SSSR count). The first kappa shape index (κ1) is 64.0. The highest BCUT2D eigenvalue weighted by Gasteiger charge is 2.48. The summed E-state index contributed by atoms with van der Waals surface area (Å²) < 4.78 is 20.8. The van der Waals surface area contributed by atoms with E-state index >= 15 is 0 Å². The summed E-state index contributed by atoms with van der Waals surface area (Å²) in [4.78, 5) is 58.8. The van der Waals surface area contributed by atoms with Crippen LogP contribution in [0.2, 0.25) is 0 Å². The number of rotatable bonds is 42. The summed E-state index contributed by atoms with van der Waals surface area (Å²) in [6.45, 7) is 11.1. The van der Waals surface area contributed by atoms with Gasteiger partial charge in [0.1, 0.15) is 12.2 Å². The second-order valence-corrected chi connectivity index (χ2v) is 22.8. The van der Waals surface area contributed by atoms with Gasteiger partial charge in [-0.15, -0.1) is 0 Å². The Kier molecular flexibility index (Phi) is 30.5. The van der Waals surface area contributed by atoms with Gasteiger partial charge in [0, 0.05) is 44.1 Å². The van der Waals surface area contributed by atoms with Gasteiger partial charge in [-0.05, 0) is 43.4 Å². The maximum Gasteiger partial charge on any atom is 0.330 e. The van der Waals surface area contributed by atoms with Gasteiger partial charge < -0.3 is 14.2 Å². The first-order valence-electron chi connectivity index (χ1n) is 31.2. The standard InChI is InChI=1S/C68H102N3O7/c1-5-7-9-11-13-15-17-19-21-23-25-27-29-31-42-50-63(72)76-56-67(4,78-64(73)51-43-32-30-28-26-24-22-20-18-16-14-12-10-8-6-2)52-61-54-70(55-62(77-61)71-53-57(3)65(74)69-66(71)75)68(58-44-36-33-37-45-58,59-46-38-34-39-47-59)60-48-40-35-41-49-60/h33-41,44-49,53,61-62H,4-32,42-43,50-52,54-56H2,1-3H3,(H,69,74,75)/t61-,62+,67?/m0/s1. The minimum absolute atomic E-state index is 0.0718. The molecule has 1 fully saturated rings. The first-order valence-corrected chi connectivity index (χ1v) is 31.2. The summed E-state index contributed by atoms with van der Waals surface area (Å²) in [7, 11) is 0. The molecule has 1 N–H and O–H groups in total. The smallest absolute Gasteiger partial charge is 0.330 e. The van der Waals surface area contributed by atoms with Gasteiger partial charge in [-0.1, -0.05) is 285 Å². The van der Waals surface area contributed by atoms with Gasteiger partial charge in [0.05, 0.1) is 11.6 Å². The Morgan fingerprint density at radius 2 is 0.923 bits per heavy atom. The second kappa shape index (κ2) is 37.2. The summed E-state index contributed by atoms with van der Waals surface area (Å²) >= 11 is 0. The number of aromatic amines is 1. The van der Waals surface area contributed by atoms with Gasteiger partial charge in [0.2, 0.25) is 0 Å². The van der Waals surface area contributed by atoms with Crippen LogP contribution in [0.15, 0.2) is 107 Å². The number of hydrogen-bond acceptors (Lipinski definition) is 8. The molecule has 1 saturated heterocycles. The van der Waals surface area contributed by atoms with E-state index in [1.807, 2.05) is 54.6 Å². The summed E-state index contributed by atoms with van der Waals surface area (Å²) in [5, 5.41) is 0. The number of esters is 2. The number of benzene rings is 3. The number of aryl methyl sites for hydroxylation is 1. The molecular formula is C68H102N3O7. The molecule has 4 aromatic rings. The van der Waals surface area contributed by atoms with Crippen molar-refractivity contribution in [2.75, 3.05) is 19.7 Å². The predicted octanol–water partition coefficient (Wildman–Crippen LogP) is 16.6. The Hall–Kier alpha value is -4.80. The summed E-state index contributed by atoms with van der Waals surface area (Å²) in [5.41, 5.74) is -0.0516. The third-order valence-electron chi connectivity index (χ3n) is 16.1. The molecule has 1 aliphatic rings. The van der Waals surface area contributed by atoms with Crippen LogP contribution in [-0.4, -0.2) is 57.8 Å². The molecule has 0 aliphatic carbocycles. The number of unbranched alkanes of at least 4 members (excludes halogenated alkanes) is 28. The Balaban J connectivity index is 1.27. The molecule has 0 amide bonds. The Morgan fingerprint density at radius 1 is 0.551 bits per heavy atom. The number of nitrogens with one attached hydrogen (secondary N) is 1. The van der Waals surface area contributed by atoms with Crippen molar-refractivity contribution < 1.29 is 23.8 Å². The molecule has 0 spiro atoms. The molecule has 1 aromatic heterocycles. The number of nitrogens with zero attached hydrogens (tertiary/aromatic N) is 2. The van der Waals surface area contributed by atoms with Gasteiger partial charge >= 0.3 is 17.6 Å². The van der Waals surface area contributed by atoms with Crippen molar-refractivity contribution in [3.63, 3.8) is 0 Å². The van der Waals surface area contributed by atoms with Gasteiger partial charge in [-0.2, -0.15) is 0 Å². The van der Waals surface area contributed by atoms with Crippen molar-refractivity contribution in [2.24, 2.45) is 0 Å². The normalized spacial score (nSPS) is 15.7. The Bertz CT molecular complexity index is 2240. The Morgan fingerprint density at radius 3 is 1.32 bits per heavy atom. The molecule has 431 valence electrons. The monoisotopic (exact) mass is 1070 g/mol. The van der Waals surface area contributed by atoms with Crippen molar-refractivity contribution in [1.82, 2.24) is 14.5 Å². The predicted molar refractivity (Wildman–Crippen MR) is 320 cm³/mol. The van der Waals surface area contributed by atoms with E-state index in [0.717, 1.165) is 55.2 Å². The van der Waals surface area contributed by atoms with Crippen LogP contribution >= 0.6 is 0 Å². The molecule has 1 unspecified atom stereocenters. The van der Waals surface area contributed by atoms with Crippen LogP contribution in [0, 0.1) is 13.8 Å². The second-order valence-electron chi connectivity index (χ2n) is 22.8. The number of carbonyl (C=O) groups is 2. The number of H-pyrrole nitrogens is 1. The maximum absolute atomic E-state index is 14.0. The molecule has 1 radical (unpaired) electrons. The molecule has 3 aromatic carbocycles. The minimum atomic E-state index is -1.50. The quantitative estimate of drug-likeness (QED) is 0.0265. The van der Waals surface area contributed by atoms with E-state index in [1.54, 1.807) is 13.1 Å². The molecule has 78 heavy (non-hydrogen) atoms. The topological polar surface area (TPSA) is 120 Å². The maximum atomic E-state index is 14.0. The largest absolute Gasteiger partial charge is 0.461 e. The first-order chi connectivity index (χ1) is 38.1. The number of aromatic nitrogens is 2. The minimum Gasteiger partial charge on any atom is -0.461 e. The number of morpholine rings is 1. The third-order valence-corrected chi connectivity index (χ3v) is 16.1. The van der Waals surface area contributed by atoms with Crippen LogP contribution in [0.4, 0.5) is 0 Å². The molecule has 0 saturated carbocycles. The lowest BCUT2D eigenvalue weighted by molar-refractivity contribution is -0.184. The highest BCUT2D eigenvalue weighted by atomic mass is 16.6. The molecule has 2 heterocycles. The fraction of sp³-hybridized carbons (Fsp3) is 0.632. The highest BCUT2D eigenvalue weighted by Crippen LogP contribution is 2.45. The number of hydrogen-bond donors (Lipinski definition) is 1. The van der Waals surface area contributed by atoms with Crippen molar-refractivity contribution in [3.05, 3.63) is 147 Å². The zero-order valence-electron chi connectivity index (χ0n) is 48.8. The van der Waals surface area contributed by atoms with E-state index in [0.29, 0.717) is 18.5 Å². The molecular weight excluding hydrogens is 971 g/mol. The van der Waals surface area contributed by atoms with Crippen molar-refractivity contribution >= 4 is 11.9 Å². The SMILES string of the molecule is [CH2]C(COC(=O)CCCCCCCCCCCCCCCCC)(C[C@H]1CN(C(c2ccccc2)(c2ccccc2)c2ccccc2)C[C@H](n2cc(C)c(=O)[nH]c2=O)O1)OC(=O)CCCCCCCCCCCCCCCCC. The zero-order chi connectivity index (χ0) is 55.5. The van der Waals surface area contributed by atoms with Crippen LogP contribution in [0.5, 0.6) is 0 Å². The third kappa shape index (κ3) is 22.4. The highest BCUT2D eigenvalue weighted by molar-refractivity contribution is 5.71. The Labute approximate surface area is 471 Å². The lowest BCUT2D eigenvalue weighted by Crippen LogP contribution is -2.59. The van der Waals surface area contributed by atoms with Crippen molar-refractivity contribution in [2.45, 2.75) is 256 Å². The van der Waals surface area contributed by atoms with Crippen LogP contribution in [0.25, 0.3) is 0 Å². The van der Waals surface area contributed by atoms with Crippen LogP contribution in [0.1, 0.15) is 254 Å². The van der Waals surface area contributed by atoms with Gasteiger partial charge in [-0.25, -0.2) is 4.79 Å². The van der Waals surface area contributed by atoms with Gasteiger partial charge in [-0.3, -0.25) is 28.8 Å². The van der Waals surface area contributed by atoms with Crippen molar-refractivity contribution in [1.29, 1.82) is 0 Å². The van der Waals surface area contributed by atoms with Crippen LogP contribution in [0.3, 0.4) is 0 Å². The summed E-state index contributed by atoms with van der Waals surface area (Å²) in [6.07, 6.45) is 37.6. The molecule has 10 heteroatoms. The van der Waals surface area contributed by atoms with E-state index in [1.165, 1.54) is 152 Å². The van der Waals surface area contributed by atoms with Crippen LogP contribution < -0.4 is 11.2 Å².